The topological polar surface area (TPSA) is 67.4 Å². The number of hydrogen-bond acceptors (Lipinski definition) is 4. The van der Waals surface area contributed by atoms with E-state index in [1.165, 1.54) is 12.7 Å². The molecule has 0 aliphatic rings. The lowest BCUT2D eigenvalue weighted by atomic mass is 10.0. The van der Waals surface area contributed by atoms with Gasteiger partial charge in [-0.05, 0) is 47.9 Å². The molecule has 2 aromatic carbocycles. The van der Waals surface area contributed by atoms with Crippen molar-refractivity contribution >= 4 is 23.3 Å². The zero-order chi connectivity index (χ0) is 18.2. The second-order valence-corrected chi connectivity index (χ2v) is 6.07. The molecule has 25 heavy (non-hydrogen) atoms. The van der Waals surface area contributed by atoms with Crippen LogP contribution in [-0.2, 0) is 9.53 Å². The van der Waals surface area contributed by atoms with Gasteiger partial charge in [-0.2, -0.15) is 0 Å². The van der Waals surface area contributed by atoms with Crippen molar-refractivity contribution in [1.29, 1.82) is 0 Å². The maximum absolute atomic E-state index is 12.0. The third-order valence-electron chi connectivity index (χ3n) is 3.85. The molecule has 5 heteroatoms. The van der Waals surface area contributed by atoms with E-state index in [-0.39, 0.29) is 11.9 Å². The average Bonchev–Trinajstić information content (AvgIpc) is 2.62. The van der Waals surface area contributed by atoms with E-state index < -0.39 is 0 Å². The Balaban J connectivity index is 1.77. The van der Waals surface area contributed by atoms with Crippen LogP contribution in [0.3, 0.4) is 0 Å². The van der Waals surface area contributed by atoms with Crippen molar-refractivity contribution in [2.45, 2.75) is 26.2 Å². The number of carbonyl (C=O) groups is 2. The van der Waals surface area contributed by atoms with Crippen LogP contribution in [-0.4, -0.2) is 25.5 Å². The molecule has 2 aromatic rings. The van der Waals surface area contributed by atoms with Crippen molar-refractivity contribution in [2.24, 2.45) is 0 Å². The molecular formula is C20H24N2O3. The van der Waals surface area contributed by atoms with Crippen LogP contribution in [0.5, 0.6) is 0 Å². The smallest absolute Gasteiger partial charge is 0.337 e. The Morgan fingerprint density at radius 1 is 0.960 bits per heavy atom. The first kappa shape index (κ1) is 18.5. The highest BCUT2D eigenvalue weighted by molar-refractivity contribution is 5.91. The Morgan fingerprint density at radius 3 is 2.12 bits per heavy atom. The molecule has 0 spiro atoms. The molecular weight excluding hydrogens is 316 g/mol. The number of nitrogens with one attached hydrogen (secondary N) is 2. The summed E-state index contributed by atoms with van der Waals surface area (Å²) in [7, 11) is 1.35. The highest BCUT2D eigenvalue weighted by atomic mass is 16.5. The summed E-state index contributed by atoms with van der Waals surface area (Å²) < 4.78 is 4.65. The number of ether oxygens (including phenoxy) is 1. The van der Waals surface area contributed by atoms with Gasteiger partial charge in [0.15, 0.2) is 0 Å². The number of esters is 1. The van der Waals surface area contributed by atoms with Gasteiger partial charge in [-0.3, -0.25) is 4.79 Å². The van der Waals surface area contributed by atoms with Crippen LogP contribution >= 0.6 is 0 Å². The highest BCUT2D eigenvalue weighted by Crippen LogP contribution is 2.17. The van der Waals surface area contributed by atoms with Gasteiger partial charge in [-0.15, -0.1) is 0 Å². The van der Waals surface area contributed by atoms with Gasteiger partial charge in [0.1, 0.15) is 0 Å². The Kier molecular flexibility index (Phi) is 6.57. The molecule has 0 atom stereocenters. The number of amides is 1. The fourth-order valence-corrected chi connectivity index (χ4v) is 2.34. The third kappa shape index (κ3) is 5.64. The quantitative estimate of drug-likeness (QED) is 0.747. The van der Waals surface area contributed by atoms with Crippen molar-refractivity contribution in [2.75, 3.05) is 24.3 Å². The first-order valence-electron chi connectivity index (χ1n) is 8.31. The van der Waals surface area contributed by atoms with Crippen LogP contribution in [0.25, 0.3) is 0 Å². The number of carbonyl (C=O) groups excluding carboxylic acids is 2. The Morgan fingerprint density at radius 2 is 1.56 bits per heavy atom. The molecule has 0 radical (unpaired) electrons. The number of methoxy groups -OCH3 is 1. The van der Waals surface area contributed by atoms with E-state index in [4.69, 9.17) is 0 Å². The van der Waals surface area contributed by atoms with E-state index in [0.29, 0.717) is 24.4 Å². The monoisotopic (exact) mass is 340 g/mol. The molecule has 0 aliphatic carbocycles. The summed E-state index contributed by atoms with van der Waals surface area (Å²) in [5.74, 6) is 0.0601. The minimum absolute atomic E-state index is 0.0454. The summed E-state index contributed by atoms with van der Waals surface area (Å²) in [6.45, 7) is 4.78. The second kappa shape index (κ2) is 8.87. The second-order valence-electron chi connectivity index (χ2n) is 6.07. The fourth-order valence-electron chi connectivity index (χ4n) is 2.34. The van der Waals surface area contributed by atoms with Crippen molar-refractivity contribution in [3.8, 4) is 0 Å². The first-order chi connectivity index (χ1) is 12.0. The van der Waals surface area contributed by atoms with E-state index >= 15 is 0 Å². The van der Waals surface area contributed by atoms with Gasteiger partial charge in [-0.25, -0.2) is 4.79 Å². The largest absolute Gasteiger partial charge is 0.465 e. The normalized spacial score (nSPS) is 10.4. The Hall–Kier alpha value is -2.82. The molecule has 2 N–H and O–H groups in total. The van der Waals surface area contributed by atoms with Gasteiger partial charge in [0.05, 0.1) is 12.7 Å². The number of anilines is 2. The summed E-state index contributed by atoms with van der Waals surface area (Å²) in [6, 6.07) is 14.8. The van der Waals surface area contributed by atoms with Crippen LogP contribution in [0.1, 0.15) is 42.1 Å². The number of hydrogen-bond donors (Lipinski definition) is 2. The van der Waals surface area contributed by atoms with Gasteiger partial charge in [0.2, 0.25) is 5.91 Å². The van der Waals surface area contributed by atoms with E-state index in [1.54, 1.807) is 24.3 Å². The Bertz CT molecular complexity index is 707. The fraction of sp³-hybridized carbons (Fsp3) is 0.300. The molecule has 0 aliphatic heterocycles. The van der Waals surface area contributed by atoms with E-state index in [0.717, 1.165) is 11.4 Å². The van der Waals surface area contributed by atoms with Crippen LogP contribution in [0.4, 0.5) is 11.4 Å². The summed E-state index contributed by atoms with van der Waals surface area (Å²) >= 11 is 0. The molecule has 0 saturated carbocycles. The molecule has 0 unspecified atom stereocenters. The predicted molar refractivity (Wildman–Crippen MR) is 100 cm³/mol. The van der Waals surface area contributed by atoms with E-state index in [1.807, 2.05) is 24.3 Å². The standard InChI is InChI=1S/C20H24N2O3/c1-14(2)15-4-10-18(11-5-15)22-19(23)12-13-21-17-8-6-16(7-9-17)20(24)25-3/h4-11,14,21H,12-13H2,1-3H3,(H,22,23). The molecule has 5 nitrogen and oxygen atoms in total. The van der Waals surface area contributed by atoms with Crippen molar-refractivity contribution in [3.05, 3.63) is 59.7 Å². The van der Waals surface area contributed by atoms with Crippen LogP contribution in [0.15, 0.2) is 48.5 Å². The minimum atomic E-state index is -0.366. The maximum atomic E-state index is 12.0. The van der Waals surface area contributed by atoms with Crippen molar-refractivity contribution < 1.29 is 14.3 Å². The summed E-state index contributed by atoms with van der Waals surface area (Å²) in [5, 5.41) is 6.04. The Labute approximate surface area is 148 Å². The molecule has 0 saturated heterocycles. The summed E-state index contributed by atoms with van der Waals surface area (Å²) in [5.41, 5.74) is 3.39. The number of rotatable bonds is 7. The summed E-state index contributed by atoms with van der Waals surface area (Å²) in [6.07, 6.45) is 0.352. The minimum Gasteiger partial charge on any atom is -0.465 e. The average molecular weight is 340 g/mol. The zero-order valence-corrected chi connectivity index (χ0v) is 14.8. The highest BCUT2D eigenvalue weighted by Gasteiger charge is 2.06. The molecule has 1 amide bonds. The van der Waals surface area contributed by atoms with E-state index in [2.05, 4.69) is 29.2 Å². The predicted octanol–water partition coefficient (Wildman–Crippen LogP) is 4.04. The van der Waals surface area contributed by atoms with Gasteiger partial charge in [-0.1, -0.05) is 26.0 Å². The lowest BCUT2D eigenvalue weighted by Crippen LogP contribution is -2.16. The van der Waals surface area contributed by atoms with Gasteiger partial charge >= 0.3 is 5.97 Å². The van der Waals surface area contributed by atoms with Crippen LogP contribution in [0, 0.1) is 0 Å². The lowest BCUT2D eigenvalue weighted by Gasteiger charge is -2.09. The molecule has 132 valence electrons. The third-order valence-corrected chi connectivity index (χ3v) is 3.85. The molecule has 0 bridgehead atoms. The van der Waals surface area contributed by atoms with Gasteiger partial charge in [0.25, 0.3) is 0 Å². The first-order valence-corrected chi connectivity index (χ1v) is 8.31. The van der Waals surface area contributed by atoms with Crippen LogP contribution in [0.2, 0.25) is 0 Å². The SMILES string of the molecule is COC(=O)c1ccc(NCCC(=O)Nc2ccc(C(C)C)cc2)cc1. The van der Waals surface area contributed by atoms with Crippen molar-refractivity contribution in [3.63, 3.8) is 0 Å². The molecule has 0 aromatic heterocycles. The lowest BCUT2D eigenvalue weighted by molar-refractivity contribution is -0.115. The van der Waals surface area contributed by atoms with Gasteiger partial charge in [0, 0.05) is 24.3 Å². The van der Waals surface area contributed by atoms with Crippen molar-refractivity contribution in [1.82, 2.24) is 0 Å². The van der Waals surface area contributed by atoms with Crippen LogP contribution < -0.4 is 10.6 Å². The van der Waals surface area contributed by atoms with Gasteiger partial charge < -0.3 is 15.4 Å². The zero-order valence-electron chi connectivity index (χ0n) is 14.8. The molecule has 2 rings (SSSR count). The number of benzene rings is 2. The maximum Gasteiger partial charge on any atom is 0.337 e. The summed E-state index contributed by atoms with van der Waals surface area (Å²) in [4.78, 5) is 23.4. The molecule has 0 heterocycles. The molecule has 0 fully saturated rings. The van der Waals surface area contributed by atoms with E-state index in [9.17, 15) is 9.59 Å².